The molecule has 1 heterocycles. The van der Waals surface area contributed by atoms with Crippen molar-refractivity contribution in [3.63, 3.8) is 0 Å². The molecule has 29 heavy (non-hydrogen) atoms. The molecule has 1 fully saturated rings. The fourth-order valence-corrected chi connectivity index (χ4v) is 5.25. The van der Waals surface area contributed by atoms with Crippen molar-refractivity contribution >= 4 is 41.1 Å². The van der Waals surface area contributed by atoms with Crippen molar-refractivity contribution < 1.29 is 24.9 Å². The van der Waals surface area contributed by atoms with Crippen molar-refractivity contribution in [1.82, 2.24) is 0 Å². The summed E-state index contributed by atoms with van der Waals surface area (Å²) >= 11 is 5.11. The van der Waals surface area contributed by atoms with Crippen molar-refractivity contribution in [2.75, 3.05) is 13.2 Å². The lowest BCUT2D eigenvalue weighted by atomic mass is 9.80. The van der Waals surface area contributed by atoms with Gasteiger partial charge in [0.05, 0.1) is 26.7 Å². The van der Waals surface area contributed by atoms with E-state index in [4.69, 9.17) is 17.7 Å². The van der Waals surface area contributed by atoms with E-state index in [0.29, 0.717) is 25.6 Å². The number of carbonyl (C=O) groups is 1. The molecule has 158 valence electrons. The molecular weight excluding hydrogens is 455 g/mol. The van der Waals surface area contributed by atoms with E-state index in [9.17, 15) is 15.0 Å². The Bertz CT molecular complexity index is 692. The fraction of sp³-hybridized carbons (Fsp3) is 0.571. The molecule has 1 aliphatic carbocycles. The minimum absolute atomic E-state index is 0.0241. The number of carboxylic acids is 1. The Labute approximate surface area is 186 Å². The van der Waals surface area contributed by atoms with Gasteiger partial charge in [-0.25, -0.2) is 4.79 Å². The molecule has 2 rings (SSSR count). The highest BCUT2D eigenvalue weighted by Crippen LogP contribution is 2.42. The van der Waals surface area contributed by atoms with Crippen LogP contribution in [-0.2, 0) is 16.0 Å². The minimum atomic E-state index is -0.995. The number of rotatable bonds is 12. The predicted octanol–water partition coefficient (Wildman–Crippen LogP) is 3.61. The normalized spacial score (nSPS) is 25.9. The first kappa shape index (κ1) is 24.3. The number of allylic oxidation sites excluding steroid dienone is 2. The number of ether oxygens (including phenoxy) is 1. The van der Waals surface area contributed by atoms with E-state index in [1.807, 2.05) is 23.6 Å². The van der Waals surface area contributed by atoms with Gasteiger partial charge in [-0.05, 0) is 65.4 Å². The molecule has 0 aromatic carbocycles. The van der Waals surface area contributed by atoms with Crippen LogP contribution in [0.25, 0.3) is 0 Å². The van der Waals surface area contributed by atoms with Crippen LogP contribution in [0.3, 0.4) is 0 Å². The topological polar surface area (TPSA) is 87.0 Å². The second kappa shape index (κ2) is 12.7. The molecule has 1 unspecified atom stereocenters. The number of carboxylic acid groups (broad SMARTS) is 1. The zero-order valence-corrected chi connectivity index (χ0v) is 18.7. The Hall–Kier alpha value is -0.925. The monoisotopic (exact) mass is 482 g/mol. The molecule has 0 aliphatic heterocycles. The number of hydrogen-bond acceptors (Lipinski definition) is 5. The maximum Gasteiger partial charge on any atom is 0.329 e. The molecule has 0 bridgehead atoms. The van der Waals surface area contributed by atoms with Gasteiger partial charge in [0.2, 0.25) is 0 Å². The number of aryl methyl sites for hydroxylation is 1. The first-order chi connectivity index (χ1) is 13.9. The van der Waals surface area contributed by atoms with E-state index in [1.54, 1.807) is 17.4 Å². The number of thiophene rings is 1. The van der Waals surface area contributed by atoms with Crippen LogP contribution in [0.4, 0.5) is 0 Å². The Morgan fingerprint density at radius 3 is 2.90 bits per heavy atom. The lowest BCUT2D eigenvalue weighted by Crippen LogP contribution is -2.19. The molecule has 3 N–H and O–H groups in total. The summed E-state index contributed by atoms with van der Waals surface area (Å²) < 4.78 is 6.05. The second-order valence-corrected chi connectivity index (χ2v) is 9.29. The largest absolute Gasteiger partial charge is 0.480 e. The summed E-state index contributed by atoms with van der Waals surface area (Å²) in [4.78, 5) is 11.7. The van der Waals surface area contributed by atoms with Crippen LogP contribution < -0.4 is 0 Å². The highest BCUT2D eigenvalue weighted by Gasteiger charge is 2.39. The average Bonchev–Trinajstić information content (AvgIpc) is 3.23. The molecule has 1 aromatic heterocycles. The Morgan fingerprint density at radius 1 is 1.45 bits per heavy atom. The zero-order valence-electron chi connectivity index (χ0n) is 16.3. The van der Waals surface area contributed by atoms with Crippen LogP contribution in [0.15, 0.2) is 40.2 Å². The zero-order chi connectivity index (χ0) is 21.2. The summed E-state index contributed by atoms with van der Waals surface area (Å²) in [7, 11) is 5.91. The highest BCUT2D eigenvalue weighted by atomic mass is 79.9. The summed E-state index contributed by atoms with van der Waals surface area (Å²) in [5.74, 6) is -0.685. The van der Waals surface area contributed by atoms with Crippen LogP contribution in [0.2, 0.25) is 6.32 Å². The van der Waals surface area contributed by atoms with Crippen LogP contribution in [0.1, 0.15) is 24.1 Å². The van der Waals surface area contributed by atoms with Crippen molar-refractivity contribution in [3.05, 3.63) is 45.1 Å². The quantitative estimate of drug-likeness (QED) is 0.240. The van der Waals surface area contributed by atoms with Crippen molar-refractivity contribution in [2.24, 2.45) is 17.8 Å². The second-order valence-electron chi connectivity index (χ2n) is 7.38. The molecule has 1 aromatic rings. The molecular formula is C21H28BBrO5S. The highest BCUT2D eigenvalue weighted by molar-refractivity contribution is 9.10. The van der Waals surface area contributed by atoms with Crippen molar-refractivity contribution in [2.45, 2.75) is 44.2 Å². The third kappa shape index (κ3) is 8.38. The van der Waals surface area contributed by atoms with Crippen LogP contribution in [-0.4, -0.2) is 54.6 Å². The fourth-order valence-electron chi connectivity index (χ4n) is 3.78. The summed E-state index contributed by atoms with van der Waals surface area (Å²) in [6, 6.07) is 2.07. The lowest BCUT2D eigenvalue weighted by Gasteiger charge is -2.21. The lowest BCUT2D eigenvalue weighted by molar-refractivity contribution is -0.141. The SMILES string of the molecule is [B]C[C@@H]1CC(O)[C@H](CC=CCOCC(=O)O)[C@H]1C=C[C@@H](O)CCc1cc(Br)cs1. The van der Waals surface area contributed by atoms with Gasteiger partial charge in [0.15, 0.2) is 0 Å². The van der Waals surface area contributed by atoms with Gasteiger partial charge in [-0.2, -0.15) is 0 Å². The van der Waals surface area contributed by atoms with E-state index in [1.165, 1.54) is 4.88 Å². The molecule has 0 spiro atoms. The number of aliphatic hydroxyl groups excluding tert-OH is 2. The van der Waals surface area contributed by atoms with Gasteiger partial charge < -0.3 is 20.1 Å². The first-order valence-corrected chi connectivity index (χ1v) is 11.5. The van der Waals surface area contributed by atoms with E-state index >= 15 is 0 Å². The number of aliphatic carboxylic acids is 1. The molecule has 8 heteroatoms. The maximum atomic E-state index is 10.5. The summed E-state index contributed by atoms with van der Waals surface area (Å²) in [6.07, 6.45) is 9.84. The van der Waals surface area contributed by atoms with Crippen molar-refractivity contribution in [3.8, 4) is 0 Å². The third-order valence-electron chi connectivity index (χ3n) is 5.26. The molecule has 5 nitrogen and oxygen atoms in total. The summed E-state index contributed by atoms with van der Waals surface area (Å²) in [5, 5.41) is 31.4. The predicted molar refractivity (Wildman–Crippen MR) is 119 cm³/mol. The van der Waals surface area contributed by atoms with Crippen LogP contribution in [0.5, 0.6) is 0 Å². The van der Waals surface area contributed by atoms with Crippen LogP contribution >= 0.6 is 27.3 Å². The third-order valence-corrected chi connectivity index (χ3v) is 7.02. The molecule has 1 saturated carbocycles. The number of hydrogen-bond donors (Lipinski definition) is 3. The van der Waals surface area contributed by atoms with Crippen molar-refractivity contribution in [1.29, 1.82) is 0 Å². The standard InChI is InChI=1S/C21H28BBrO5S/c22-11-14-9-20(25)19(3-1-2-8-28-12-21(26)27)18(14)7-5-16(24)4-6-17-10-15(23)13-29-17/h1-2,5,7,10,13-14,16,18-20,24-25H,3-4,6,8-9,11-12H2,(H,26,27)/t14-,16-,18-,19+,20?/m0/s1. The molecule has 0 amide bonds. The first-order valence-electron chi connectivity index (χ1n) is 9.82. The molecule has 5 atom stereocenters. The van der Waals surface area contributed by atoms with E-state index in [0.717, 1.165) is 10.9 Å². The Morgan fingerprint density at radius 2 is 2.24 bits per heavy atom. The number of aliphatic hydroxyl groups is 2. The minimum Gasteiger partial charge on any atom is -0.480 e. The Kier molecular flexibility index (Phi) is 10.7. The van der Waals surface area contributed by atoms with Gasteiger partial charge in [-0.1, -0.05) is 30.6 Å². The maximum absolute atomic E-state index is 10.5. The van der Waals surface area contributed by atoms with Gasteiger partial charge in [0.1, 0.15) is 6.61 Å². The smallest absolute Gasteiger partial charge is 0.329 e. The number of halogens is 1. The van der Waals surface area contributed by atoms with E-state index < -0.39 is 18.2 Å². The Balaban J connectivity index is 1.86. The van der Waals surface area contributed by atoms with E-state index in [2.05, 4.69) is 22.0 Å². The van der Waals surface area contributed by atoms with Gasteiger partial charge in [0.25, 0.3) is 0 Å². The summed E-state index contributed by atoms with van der Waals surface area (Å²) in [5.41, 5.74) is 0. The van der Waals surface area contributed by atoms with Gasteiger partial charge in [0, 0.05) is 14.7 Å². The van der Waals surface area contributed by atoms with E-state index in [-0.39, 0.29) is 31.0 Å². The average molecular weight is 483 g/mol. The van der Waals surface area contributed by atoms with Gasteiger partial charge in [-0.3, -0.25) is 0 Å². The molecule has 1 aliphatic rings. The van der Waals surface area contributed by atoms with Gasteiger partial charge in [-0.15, -0.1) is 11.3 Å². The molecule has 0 saturated heterocycles. The van der Waals surface area contributed by atoms with Crippen LogP contribution in [0, 0.1) is 17.8 Å². The molecule has 2 radical (unpaired) electrons. The van der Waals surface area contributed by atoms with Gasteiger partial charge >= 0.3 is 5.97 Å². The summed E-state index contributed by atoms with van der Waals surface area (Å²) in [6.45, 7) is -0.0925.